The molecule has 0 atom stereocenters. The molecule has 74 valence electrons. The lowest BCUT2D eigenvalue weighted by Gasteiger charge is -2.24. The third-order valence-corrected chi connectivity index (χ3v) is 2.22. The van der Waals surface area contributed by atoms with Gasteiger partial charge in [-0.1, -0.05) is 5.92 Å². The molecule has 1 rings (SSSR count). The molecule has 1 fully saturated rings. The van der Waals surface area contributed by atoms with Gasteiger partial charge in [-0.3, -0.25) is 4.90 Å². The van der Waals surface area contributed by atoms with Crippen LogP contribution in [0.1, 0.15) is 0 Å². The first kappa shape index (κ1) is 10.8. The molecule has 0 saturated carbocycles. The molecule has 0 aromatic rings. The van der Waals surface area contributed by atoms with Crippen molar-refractivity contribution < 1.29 is 13.2 Å². The van der Waals surface area contributed by atoms with E-state index < -0.39 is 9.05 Å². The van der Waals surface area contributed by atoms with Crippen LogP contribution in [0.25, 0.3) is 0 Å². The number of morpholine rings is 1. The minimum absolute atomic E-state index is 0.426. The Labute approximate surface area is 82.2 Å². The number of hydrogen-bond donors (Lipinski definition) is 0. The minimum Gasteiger partial charge on any atom is -0.379 e. The molecule has 0 aliphatic carbocycles. The number of ether oxygens (including phenoxy) is 1. The molecule has 0 aromatic heterocycles. The number of halogens is 1. The van der Waals surface area contributed by atoms with Crippen LogP contribution in [0.4, 0.5) is 0 Å². The van der Waals surface area contributed by atoms with Crippen LogP contribution < -0.4 is 0 Å². The summed E-state index contributed by atoms with van der Waals surface area (Å²) in [7, 11) is 1.23. The summed E-state index contributed by atoms with van der Waals surface area (Å²) in [4.78, 5) is 2.01. The largest absolute Gasteiger partial charge is 0.379 e. The fourth-order valence-electron chi connectivity index (χ4n) is 0.990. The summed E-state index contributed by atoms with van der Waals surface area (Å²) < 4.78 is 26.0. The van der Waals surface area contributed by atoms with Gasteiger partial charge in [0.1, 0.15) is 0 Å². The van der Waals surface area contributed by atoms with Gasteiger partial charge in [0, 0.05) is 29.0 Å². The van der Waals surface area contributed by atoms with Crippen molar-refractivity contribution in [1.82, 2.24) is 4.90 Å². The minimum atomic E-state index is -3.67. The molecule has 0 radical (unpaired) electrons. The molecule has 1 heterocycles. The highest BCUT2D eigenvalue weighted by atomic mass is 35.7. The molecule has 1 aliphatic rings. The van der Waals surface area contributed by atoms with E-state index in [1.54, 1.807) is 0 Å². The summed E-state index contributed by atoms with van der Waals surface area (Å²) in [5, 5.41) is 1.97. The van der Waals surface area contributed by atoms with Crippen LogP contribution >= 0.6 is 10.7 Å². The van der Waals surface area contributed by atoms with Crippen molar-refractivity contribution in [3.63, 3.8) is 0 Å². The van der Waals surface area contributed by atoms with E-state index in [2.05, 4.69) is 5.92 Å². The van der Waals surface area contributed by atoms with Gasteiger partial charge in [0.05, 0.1) is 19.8 Å². The van der Waals surface area contributed by atoms with Gasteiger partial charge < -0.3 is 4.74 Å². The average molecular weight is 224 g/mol. The van der Waals surface area contributed by atoms with Gasteiger partial charge in [-0.25, -0.2) is 0 Å². The molecule has 0 spiro atoms. The van der Waals surface area contributed by atoms with Crippen LogP contribution in [-0.4, -0.2) is 46.2 Å². The maximum absolute atomic E-state index is 10.4. The second-order valence-electron chi connectivity index (χ2n) is 2.61. The second-order valence-corrected chi connectivity index (χ2v) is 4.90. The summed E-state index contributed by atoms with van der Waals surface area (Å²) in [6.07, 6.45) is 0. The first-order chi connectivity index (χ1) is 6.08. The molecule has 0 aromatic carbocycles. The highest BCUT2D eigenvalue weighted by Gasteiger charge is 2.08. The standard InChI is InChI=1S/C7H10ClNO3S/c8-13(10,11)7-1-2-9-3-5-12-6-4-9/h2-6H2. The smallest absolute Gasteiger partial charge is 0.300 e. The van der Waals surface area contributed by atoms with E-state index in [0.29, 0.717) is 19.8 Å². The van der Waals surface area contributed by atoms with E-state index in [0.717, 1.165) is 13.1 Å². The zero-order chi connectivity index (χ0) is 9.73. The topological polar surface area (TPSA) is 46.6 Å². The first-order valence-corrected chi connectivity index (χ1v) is 6.13. The van der Waals surface area contributed by atoms with Crippen molar-refractivity contribution in [3.05, 3.63) is 0 Å². The highest BCUT2D eigenvalue weighted by Crippen LogP contribution is 1.96. The van der Waals surface area contributed by atoms with E-state index in [1.807, 2.05) is 10.2 Å². The molecular formula is C7H10ClNO3S. The monoisotopic (exact) mass is 223 g/mol. The Morgan fingerprint density at radius 3 is 2.54 bits per heavy atom. The van der Waals surface area contributed by atoms with E-state index in [-0.39, 0.29) is 0 Å². The quantitative estimate of drug-likeness (QED) is 0.458. The van der Waals surface area contributed by atoms with Crippen molar-refractivity contribution in [3.8, 4) is 11.2 Å². The zero-order valence-corrected chi connectivity index (χ0v) is 8.57. The summed E-state index contributed by atoms with van der Waals surface area (Å²) in [6.45, 7) is 3.36. The Bertz CT molecular complexity index is 310. The van der Waals surface area contributed by atoms with Crippen molar-refractivity contribution in [2.45, 2.75) is 0 Å². The molecular weight excluding hydrogens is 214 g/mol. The van der Waals surface area contributed by atoms with Gasteiger partial charge in [-0.2, -0.15) is 8.42 Å². The predicted molar refractivity (Wildman–Crippen MR) is 49.8 cm³/mol. The fraction of sp³-hybridized carbons (Fsp3) is 0.714. The highest BCUT2D eigenvalue weighted by molar-refractivity contribution is 8.17. The summed E-state index contributed by atoms with van der Waals surface area (Å²) in [5.41, 5.74) is 0. The maximum atomic E-state index is 10.4. The lowest BCUT2D eigenvalue weighted by atomic mass is 10.4. The van der Waals surface area contributed by atoms with Crippen LogP contribution in [0.3, 0.4) is 0 Å². The number of rotatable bonds is 1. The molecule has 0 bridgehead atoms. The van der Waals surface area contributed by atoms with Crippen LogP contribution in [0.2, 0.25) is 0 Å². The van der Waals surface area contributed by atoms with Crippen molar-refractivity contribution in [2.75, 3.05) is 32.8 Å². The number of hydrogen-bond acceptors (Lipinski definition) is 4. The first-order valence-electron chi connectivity index (χ1n) is 3.82. The summed E-state index contributed by atoms with van der Waals surface area (Å²) in [5.74, 6) is 2.50. The Morgan fingerprint density at radius 2 is 2.00 bits per heavy atom. The Hall–Kier alpha value is -0.280. The lowest BCUT2D eigenvalue weighted by Crippen LogP contribution is -2.36. The molecule has 13 heavy (non-hydrogen) atoms. The van der Waals surface area contributed by atoms with Gasteiger partial charge in [0.25, 0.3) is 0 Å². The van der Waals surface area contributed by atoms with Gasteiger partial charge >= 0.3 is 9.05 Å². The SMILES string of the molecule is O=S(=O)(Cl)C#CCN1CCOCC1. The van der Waals surface area contributed by atoms with Gasteiger partial charge in [0.2, 0.25) is 0 Å². The normalized spacial score (nSPS) is 19.2. The fourth-order valence-corrected chi connectivity index (χ4v) is 1.39. The number of nitrogens with zero attached hydrogens (tertiary/aromatic N) is 1. The van der Waals surface area contributed by atoms with E-state index in [9.17, 15) is 8.42 Å². The molecule has 1 aliphatic heterocycles. The van der Waals surface area contributed by atoms with Crippen molar-refractivity contribution in [2.24, 2.45) is 0 Å². The second kappa shape index (κ2) is 4.82. The van der Waals surface area contributed by atoms with Crippen LogP contribution in [0.15, 0.2) is 0 Å². The molecule has 0 amide bonds. The van der Waals surface area contributed by atoms with Gasteiger partial charge in [-0.15, -0.1) is 0 Å². The maximum Gasteiger partial charge on any atom is 0.300 e. The van der Waals surface area contributed by atoms with E-state index in [1.165, 1.54) is 0 Å². The molecule has 0 N–H and O–H groups in total. The molecule has 6 heteroatoms. The van der Waals surface area contributed by atoms with Gasteiger partial charge in [-0.05, 0) is 0 Å². The molecule has 1 saturated heterocycles. The van der Waals surface area contributed by atoms with Crippen molar-refractivity contribution in [1.29, 1.82) is 0 Å². The zero-order valence-electron chi connectivity index (χ0n) is 6.99. The van der Waals surface area contributed by atoms with E-state index in [4.69, 9.17) is 15.4 Å². The summed E-state index contributed by atoms with van der Waals surface area (Å²) in [6, 6.07) is 0. The Balaban J connectivity index is 2.35. The molecule has 4 nitrogen and oxygen atoms in total. The molecule has 0 unspecified atom stereocenters. The summed E-state index contributed by atoms with van der Waals surface area (Å²) >= 11 is 0. The average Bonchev–Trinajstić information content (AvgIpc) is 2.04. The van der Waals surface area contributed by atoms with Crippen LogP contribution in [0, 0.1) is 11.2 Å². The van der Waals surface area contributed by atoms with E-state index >= 15 is 0 Å². The third kappa shape index (κ3) is 5.11. The van der Waals surface area contributed by atoms with Crippen LogP contribution in [-0.2, 0) is 13.8 Å². The Morgan fingerprint density at radius 1 is 1.38 bits per heavy atom. The van der Waals surface area contributed by atoms with Crippen LogP contribution in [0.5, 0.6) is 0 Å². The predicted octanol–water partition coefficient (Wildman–Crippen LogP) is -0.152. The Kier molecular flexibility index (Phi) is 4.00. The van der Waals surface area contributed by atoms with Gasteiger partial charge in [0.15, 0.2) is 0 Å². The van der Waals surface area contributed by atoms with Crippen molar-refractivity contribution >= 4 is 19.7 Å². The lowest BCUT2D eigenvalue weighted by molar-refractivity contribution is 0.0443. The third-order valence-electron chi connectivity index (χ3n) is 1.60.